The number of aliphatic hydroxyl groups excluding tert-OH is 1. The molecule has 0 aliphatic heterocycles. The van der Waals surface area contributed by atoms with Gasteiger partial charge in [0, 0.05) is 23.1 Å². The highest BCUT2D eigenvalue weighted by molar-refractivity contribution is 5.81. The summed E-state index contributed by atoms with van der Waals surface area (Å²) in [6.45, 7) is 5.52. The zero-order valence-corrected chi connectivity index (χ0v) is 12.1. The van der Waals surface area contributed by atoms with Crippen molar-refractivity contribution in [3.63, 3.8) is 0 Å². The Morgan fingerprint density at radius 2 is 2.15 bits per heavy atom. The number of nitrogens with one attached hydrogen (secondary N) is 1. The number of carbonyl (C=O) groups is 1. The molecule has 2 N–H and O–H groups in total. The fourth-order valence-corrected chi connectivity index (χ4v) is 1.50. The second kappa shape index (κ2) is 7.06. The van der Waals surface area contributed by atoms with Gasteiger partial charge in [-0.2, -0.15) is 0 Å². The molecule has 0 aliphatic carbocycles. The van der Waals surface area contributed by atoms with Crippen molar-refractivity contribution in [3.8, 4) is 11.8 Å². The van der Waals surface area contributed by atoms with E-state index < -0.39 is 5.41 Å². The van der Waals surface area contributed by atoms with Crippen LogP contribution in [0.4, 0.5) is 4.39 Å². The Labute approximate surface area is 119 Å². The first-order valence-corrected chi connectivity index (χ1v) is 6.57. The van der Waals surface area contributed by atoms with Gasteiger partial charge in [0.2, 0.25) is 5.91 Å². The highest BCUT2D eigenvalue weighted by Gasteiger charge is 2.24. The van der Waals surface area contributed by atoms with Gasteiger partial charge in [-0.25, -0.2) is 4.39 Å². The lowest BCUT2D eigenvalue weighted by Crippen LogP contribution is -2.36. The Hall–Kier alpha value is -1.86. The van der Waals surface area contributed by atoms with Gasteiger partial charge in [0.25, 0.3) is 0 Å². The van der Waals surface area contributed by atoms with Crippen LogP contribution in [0.5, 0.6) is 0 Å². The van der Waals surface area contributed by atoms with Gasteiger partial charge in [0.15, 0.2) is 0 Å². The third-order valence-electron chi connectivity index (χ3n) is 3.30. The maximum atomic E-state index is 13.7. The fraction of sp³-hybridized carbons (Fsp3) is 0.438. The molecule has 1 aromatic rings. The summed E-state index contributed by atoms with van der Waals surface area (Å²) in [6.07, 6.45) is 0.712. The second-order valence-corrected chi connectivity index (χ2v) is 5.19. The van der Waals surface area contributed by atoms with E-state index >= 15 is 0 Å². The molecule has 0 fully saturated rings. The molecule has 1 amide bonds. The van der Waals surface area contributed by atoms with Crippen molar-refractivity contribution in [1.82, 2.24) is 5.32 Å². The molecule has 1 rings (SSSR count). The molecule has 0 bridgehead atoms. The van der Waals surface area contributed by atoms with Crippen molar-refractivity contribution < 1.29 is 14.3 Å². The van der Waals surface area contributed by atoms with Gasteiger partial charge in [-0.3, -0.25) is 4.79 Å². The first kappa shape index (κ1) is 16.2. The predicted molar refractivity (Wildman–Crippen MR) is 76.3 cm³/mol. The van der Waals surface area contributed by atoms with Crippen molar-refractivity contribution in [1.29, 1.82) is 0 Å². The van der Waals surface area contributed by atoms with Crippen LogP contribution in [0.15, 0.2) is 18.2 Å². The van der Waals surface area contributed by atoms with Crippen molar-refractivity contribution >= 4 is 5.91 Å². The van der Waals surface area contributed by atoms with Gasteiger partial charge in [0.05, 0.1) is 0 Å². The van der Waals surface area contributed by atoms with Gasteiger partial charge in [0.1, 0.15) is 12.4 Å². The molecule has 0 unspecified atom stereocenters. The minimum absolute atomic E-state index is 0.105. The smallest absolute Gasteiger partial charge is 0.225 e. The zero-order chi connectivity index (χ0) is 15.2. The Morgan fingerprint density at radius 1 is 1.45 bits per heavy atom. The van der Waals surface area contributed by atoms with Crippen molar-refractivity contribution in [2.75, 3.05) is 6.61 Å². The first-order valence-electron chi connectivity index (χ1n) is 6.57. The van der Waals surface area contributed by atoms with Crippen LogP contribution in [0.25, 0.3) is 0 Å². The van der Waals surface area contributed by atoms with Gasteiger partial charge in [-0.15, -0.1) is 0 Å². The minimum Gasteiger partial charge on any atom is -0.384 e. The number of carbonyl (C=O) groups excluding carboxylic acids is 1. The van der Waals surface area contributed by atoms with Gasteiger partial charge >= 0.3 is 0 Å². The molecule has 3 nitrogen and oxygen atoms in total. The predicted octanol–water partition coefficient (Wildman–Crippen LogP) is 2.22. The molecule has 4 heteroatoms. The van der Waals surface area contributed by atoms with Crippen LogP contribution in [-0.4, -0.2) is 17.6 Å². The van der Waals surface area contributed by atoms with E-state index in [1.807, 2.05) is 20.8 Å². The number of halogens is 1. The number of rotatable bonds is 4. The second-order valence-electron chi connectivity index (χ2n) is 5.19. The van der Waals surface area contributed by atoms with Gasteiger partial charge in [-0.1, -0.05) is 32.6 Å². The van der Waals surface area contributed by atoms with Crippen LogP contribution in [-0.2, 0) is 11.3 Å². The molecule has 20 heavy (non-hydrogen) atoms. The Kier molecular flexibility index (Phi) is 5.72. The van der Waals surface area contributed by atoms with E-state index in [2.05, 4.69) is 17.2 Å². The van der Waals surface area contributed by atoms with E-state index in [0.717, 1.165) is 0 Å². The van der Waals surface area contributed by atoms with Crippen LogP contribution in [0.1, 0.15) is 38.3 Å². The molecule has 108 valence electrons. The summed E-state index contributed by atoms with van der Waals surface area (Å²) in [5.74, 6) is 4.73. The molecule has 0 saturated heterocycles. The third-order valence-corrected chi connectivity index (χ3v) is 3.30. The lowest BCUT2D eigenvalue weighted by Gasteiger charge is -2.21. The standard InChI is InChI=1S/C16H20FNO2/c1-4-16(2,3)15(20)18-11-13-10-12(6-5-9-19)7-8-14(13)17/h7-8,10,19H,4,9,11H2,1-3H3,(H,18,20). The molecular weight excluding hydrogens is 257 g/mol. The monoisotopic (exact) mass is 277 g/mol. The molecule has 0 heterocycles. The highest BCUT2D eigenvalue weighted by atomic mass is 19.1. The molecule has 1 aromatic carbocycles. The SMILES string of the molecule is CCC(C)(C)C(=O)NCc1cc(C#CCO)ccc1F. The summed E-state index contributed by atoms with van der Waals surface area (Å²) < 4.78 is 13.7. The van der Waals surface area contributed by atoms with E-state index in [1.54, 1.807) is 12.1 Å². The quantitative estimate of drug-likeness (QED) is 0.829. The Bertz CT molecular complexity index is 541. The molecule has 0 atom stereocenters. The van der Waals surface area contributed by atoms with Crippen LogP contribution >= 0.6 is 0 Å². The molecule has 0 saturated carbocycles. The summed E-state index contributed by atoms with van der Waals surface area (Å²) in [7, 11) is 0. The maximum Gasteiger partial charge on any atom is 0.225 e. The molecular formula is C16H20FNO2. The summed E-state index contributed by atoms with van der Waals surface area (Å²) in [5.41, 5.74) is 0.527. The topological polar surface area (TPSA) is 49.3 Å². The van der Waals surface area contributed by atoms with E-state index in [0.29, 0.717) is 17.5 Å². The number of hydrogen-bond donors (Lipinski definition) is 2. The zero-order valence-electron chi connectivity index (χ0n) is 12.1. The van der Waals surface area contributed by atoms with Crippen LogP contribution < -0.4 is 5.32 Å². The van der Waals surface area contributed by atoms with Crippen LogP contribution in [0.2, 0.25) is 0 Å². The lowest BCUT2D eigenvalue weighted by molar-refractivity contribution is -0.129. The molecule has 0 aliphatic rings. The van der Waals surface area contributed by atoms with Crippen LogP contribution in [0.3, 0.4) is 0 Å². The number of hydrogen-bond acceptors (Lipinski definition) is 2. The summed E-state index contributed by atoms with van der Waals surface area (Å²) in [6, 6.07) is 4.43. The average Bonchev–Trinajstić information content (AvgIpc) is 2.44. The van der Waals surface area contributed by atoms with Gasteiger partial charge < -0.3 is 10.4 Å². The average molecular weight is 277 g/mol. The van der Waals surface area contributed by atoms with Crippen molar-refractivity contribution in [2.24, 2.45) is 5.41 Å². The minimum atomic E-state index is -0.467. The van der Waals surface area contributed by atoms with Crippen molar-refractivity contribution in [3.05, 3.63) is 35.1 Å². The first-order chi connectivity index (χ1) is 9.40. The van der Waals surface area contributed by atoms with E-state index in [4.69, 9.17) is 5.11 Å². The van der Waals surface area contributed by atoms with Crippen LogP contribution in [0, 0.1) is 23.1 Å². The van der Waals surface area contributed by atoms with E-state index in [-0.39, 0.29) is 24.9 Å². The Balaban J connectivity index is 2.80. The Morgan fingerprint density at radius 3 is 2.75 bits per heavy atom. The van der Waals surface area contributed by atoms with E-state index in [9.17, 15) is 9.18 Å². The third kappa shape index (κ3) is 4.36. The number of amides is 1. The number of benzene rings is 1. The van der Waals surface area contributed by atoms with E-state index in [1.165, 1.54) is 6.07 Å². The normalized spacial score (nSPS) is 10.7. The molecule has 0 spiro atoms. The highest BCUT2D eigenvalue weighted by Crippen LogP contribution is 2.20. The lowest BCUT2D eigenvalue weighted by atomic mass is 9.89. The summed E-state index contributed by atoms with van der Waals surface area (Å²) >= 11 is 0. The number of aliphatic hydroxyl groups is 1. The molecule has 0 aromatic heterocycles. The summed E-state index contributed by atoms with van der Waals surface area (Å²) in [4.78, 5) is 11.9. The fourth-order valence-electron chi connectivity index (χ4n) is 1.50. The van der Waals surface area contributed by atoms with Crippen molar-refractivity contribution in [2.45, 2.75) is 33.7 Å². The molecule has 0 radical (unpaired) electrons. The largest absolute Gasteiger partial charge is 0.384 e. The summed E-state index contributed by atoms with van der Waals surface area (Å²) in [5, 5.41) is 11.4. The maximum absolute atomic E-state index is 13.7. The van der Waals surface area contributed by atoms with Gasteiger partial charge in [-0.05, 0) is 24.6 Å².